The monoisotopic (exact) mass is 195 g/mol. The van der Waals surface area contributed by atoms with Gasteiger partial charge < -0.3 is 4.74 Å². The van der Waals surface area contributed by atoms with E-state index in [2.05, 4.69) is 27.7 Å². The number of rotatable bonds is 2. The molecule has 0 saturated heterocycles. The number of ether oxygens (including phenoxy) is 1. The van der Waals surface area contributed by atoms with Crippen LogP contribution in [0.1, 0.15) is 53.4 Å². The van der Waals surface area contributed by atoms with Crippen LogP contribution in [0.5, 0.6) is 0 Å². The molecule has 2 nitrogen and oxygen atoms in total. The topological polar surface area (TPSA) is 33.0 Å². The van der Waals surface area contributed by atoms with Crippen molar-refractivity contribution < 1.29 is 4.74 Å². The van der Waals surface area contributed by atoms with Gasteiger partial charge in [-0.2, -0.15) is 5.26 Å². The van der Waals surface area contributed by atoms with E-state index in [-0.39, 0.29) is 5.60 Å². The molecule has 1 saturated carbocycles. The van der Waals surface area contributed by atoms with Gasteiger partial charge in [-0.1, -0.05) is 27.2 Å². The molecule has 0 aromatic heterocycles. The predicted octanol–water partition coefficient (Wildman–Crippen LogP) is 3.48. The quantitative estimate of drug-likeness (QED) is 0.632. The van der Waals surface area contributed by atoms with E-state index < -0.39 is 0 Å². The Hall–Kier alpha value is -0.710. The van der Waals surface area contributed by atoms with Crippen LogP contribution >= 0.6 is 0 Å². The van der Waals surface area contributed by atoms with Gasteiger partial charge in [0.15, 0.2) is 0 Å². The second-order valence-corrected chi connectivity index (χ2v) is 5.67. The molecule has 1 rings (SSSR count). The standard InChI is InChI=1S/C12H21NO/c1-5-10-6-11(2,3)8-12(4,7-10)14-9-13/h10H,5-8H2,1-4H3. The van der Waals surface area contributed by atoms with Gasteiger partial charge in [0.2, 0.25) is 0 Å². The van der Waals surface area contributed by atoms with Crippen molar-refractivity contribution in [2.75, 3.05) is 0 Å². The van der Waals surface area contributed by atoms with Crippen LogP contribution in [-0.4, -0.2) is 5.60 Å². The lowest BCUT2D eigenvalue weighted by Crippen LogP contribution is -2.41. The van der Waals surface area contributed by atoms with E-state index in [9.17, 15) is 0 Å². The molecule has 0 bridgehead atoms. The van der Waals surface area contributed by atoms with E-state index in [0.29, 0.717) is 11.3 Å². The molecule has 1 fully saturated rings. The summed E-state index contributed by atoms with van der Waals surface area (Å²) in [6.45, 7) is 8.83. The third-order valence-corrected chi connectivity index (χ3v) is 3.28. The zero-order chi connectivity index (χ0) is 10.8. The highest BCUT2D eigenvalue weighted by Crippen LogP contribution is 2.46. The van der Waals surface area contributed by atoms with Crippen LogP contribution in [0, 0.1) is 22.9 Å². The second-order valence-electron chi connectivity index (χ2n) is 5.67. The molecule has 0 aromatic carbocycles. The first kappa shape index (κ1) is 11.4. The average Bonchev–Trinajstić information content (AvgIpc) is 2.00. The molecule has 2 unspecified atom stereocenters. The molecule has 2 atom stereocenters. The van der Waals surface area contributed by atoms with E-state index in [1.807, 2.05) is 6.26 Å². The van der Waals surface area contributed by atoms with E-state index in [4.69, 9.17) is 10.00 Å². The lowest BCUT2D eigenvalue weighted by atomic mass is 9.65. The number of nitriles is 1. The maximum atomic E-state index is 8.64. The van der Waals surface area contributed by atoms with Crippen LogP contribution in [0.4, 0.5) is 0 Å². The van der Waals surface area contributed by atoms with Crippen molar-refractivity contribution in [3.8, 4) is 6.26 Å². The van der Waals surface area contributed by atoms with Gasteiger partial charge in [0.1, 0.15) is 5.60 Å². The minimum atomic E-state index is -0.225. The van der Waals surface area contributed by atoms with Crippen LogP contribution < -0.4 is 0 Å². The highest BCUT2D eigenvalue weighted by molar-refractivity contribution is 4.93. The van der Waals surface area contributed by atoms with Crippen LogP contribution in [0.15, 0.2) is 0 Å². The SMILES string of the molecule is CCC1CC(C)(C)CC(C)(OC#N)C1. The molecule has 1 aliphatic carbocycles. The van der Waals surface area contributed by atoms with E-state index in [0.717, 1.165) is 12.8 Å². The molecule has 0 N–H and O–H groups in total. The normalized spacial score (nSPS) is 36.1. The summed E-state index contributed by atoms with van der Waals surface area (Å²) in [7, 11) is 0. The summed E-state index contributed by atoms with van der Waals surface area (Å²) in [6.07, 6.45) is 6.32. The number of nitrogens with zero attached hydrogens (tertiary/aromatic N) is 1. The summed E-state index contributed by atoms with van der Waals surface area (Å²) in [5.74, 6) is 0.706. The van der Waals surface area contributed by atoms with E-state index in [1.165, 1.54) is 12.8 Å². The maximum absolute atomic E-state index is 8.64. The van der Waals surface area contributed by atoms with E-state index >= 15 is 0 Å². The molecule has 80 valence electrons. The average molecular weight is 195 g/mol. The molecule has 14 heavy (non-hydrogen) atoms. The van der Waals surface area contributed by atoms with Gasteiger partial charge in [-0.3, -0.25) is 0 Å². The van der Waals surface area contributed by atoms with Crippen molar-refractivity contribution in [2.45, 2.75) is 59.0 Å². The van der Waals surface area contributed by atoms with Gasteiger partial charge in [-0.15, -0.1) is 0 Å². The fourth-order valence-electron chi connectivity index (χ4n) is 3.10. The predicted molar refractivity (Wildman–Crippen MR) is 56.5 cm³/mol. The first-order valence-electron chi connectivity index (χ1n) is 5.48. The van der Waals surface area contributed by atoms with Gasteiger partial charge in [-0.05, 0) is 37.5 Å². The molecule has 0 aliphatic heterocycles. The molecule has 0 heterocycles. The minimum Gasteiger partial charge on any atom is -0.421 e. The third kappa shape index (κ3) is 2.64. The molecule has 1 aliphatic rings. The Bertz CT molecular complexity index is 241. The summed E-state index contributed by atoms with van der Waals surface area (Å²) in [4.78, 5) is 0. The number of hydrogen-bond donors (Lipinski definition) is 0. The third-order valence-electron chi connectivity index (χ3n) is 3.28. The fourth-order valence-corrected chi connectivity index (χ4v) is 3.10. The summed E-state index contributed by atoms with van der Waals surface area (Å²) < 4.78 is 5.24. The maximum Gasteiger partial charge on any atom is 0.286 e. The van der Waals surface area contributed by atoms with Crippen molar-refractivity contribution >= 4 is 0 Å². The van der Waals surface area contributed by atoms with Gasteiger partial charge in [0.05, 0.1) is 0 Å². The summed E-state index contributed by atoms with van der Waals surface area (Å²) in [6, 6.07) is 0. The van der Waals surface area contributed by atoms with Crippen LogP contribution in [0.2, 0.25) is 0 Å². The minimum absolute atomic E-state index is 0.225. The Kier molecular flexibility index (Phi) is 3.09. The first-order valence-corrected chi connectivity index (χ1v) is 5.48. The van der Waals surface area contributed by atoms with Crippen LogP contribution in [-0.2, 0) is 4.74 Å². The first-order chi connectivity index (χ1) is 6.41. The van der Waals surface area contributed by atoms with Crippen molar-refractivity contribution in [1.82, 2.24) is 0 Å². The Morgan fingerprint density at radius 1 is 1.36 bits per heavy atom. The molecule has 0 radical (unpaired) electrons. The Morgan fingerprint density at radius 2 is 2.00 bits per heavy atom. The Morgan fingerprint density at radius 3 is 2.50 bits per heavy atom. The van der Waals surface area contributed by atoms with Crippen LogP contribution in [0.3, 0.4) is 0 Å². The van der Waals surface area contributed by atoms with Gasteiger partial charge >= 0.3 is 0 Å². The van der Waals surface area contributed by atoms with Gasteiger partial charge in [0, 0.05) is 0 Å². The zero-order valence-electron chi connectivity index (χ0n) is 9.76. The Balaban J connectivity index is 2.75. The van der Waals surface area contributed by atoms with Crippen molar-refractivity contribution in [3.63, 3.8) is 0 Å². The molecule has 2 heteroatoms. The molecule has 0 spiro atoms. The van der Waals surface area contributed by atoms with Gasteiger partial charge in [0.25, 0.3) is 6.26 Å². The Labute approximate surface area is 87.3 Å². The molecule has 0 aromatic rings. The van der Waals surface area contributed by atoms with E-state index in [1.54, 1.807) is 0 Å². The molecular weight excluding hydrogens is 174 g/mol. The van der Waals surface area contributed by atoms with Crippen molar-refractivity contribution in [3.05, 3.63) is 0 Å². The summed E-state index contributed by atoms with van der Waals surface area (Å²) >= 11 is 0. The zero-order valence-corrected chi connectivity index (χ0v) is 9.76. The lowest BCUT2D eigenvalue weighted by molar-refractivity contribution is -0.0495. The smallest absolute Gasteiger partial charge is 0.286 e. The fraction of sp³-hybridized carbons (Fsp3) is 0.917. The highest BCUT2D eigenvalue weighted by Gasteiger charge is 2.42. The molecular formula is C12H21NO. The summed E-state index contributed by atoms with van der Waals surface area (Å²) in [5, 5.41) is 8.64. The molecule has 0 amide bonds. The van der Waals surface area contributed by atoms with Crippen molar-refractivity contribution in [1.29, 1.82) is 5.26 Å². The number of hydrogen-bond acceptors (Lipinski definition) is 2. The largest absolute Gasteiger partial charge is 0.421 e. The lowest BCUT2D eigenvalue weighted by Gasteiger charge is -2.44. The second kappa shape index (κ2) is 3.81. The van der Waals surface area contributed by atoms with Crippen molar-refractivity contribution in [2.24, 2.45) is 11.3 Å². The highest BCUT2D eigenvalue weighted by atomic mass is 16.5. The van der Waals surface area contributed by atoms with Gasteiger partial charge in [-0.25, -0.2) is 0 Å². The van der Waals surface area contributed by atoms with Crippen LogP contribution in [0.25, 0.3) is 0 Å². The summed E-state index contributed by atoms with van der Waals surface area (Å²) in [5.41, 5.74) is 0.0850.